The van der Waals surface area contributed by atoms with Crippen LogP contribution in [0.5, 0.6) is 5.75 Å². The molecule has 3 aromatic rings. The number of carboxylic acid groups (broad SMARTS) is 1. The monoisotopic (exact) mass is 366 g/mol. The number of fused-ring (bicyclic) bond motifs is 1. The first-order valence-corrected chi connectivity index (χ1v) is 6.79. The van der Waals surface area contributed by atoms with E-state index >= 15 is 0 Å². The number of carbonyl (C=O) groups is 2. The Kier molecular flexibility index (Phi) is 5.18. The predicted octanol–water partition coefficient (Wildman–Crippen LogP) is 1.48. The summed E-state index contributed by atoms with van der Waals surface area (Å²) in [6.07, 6.45) is 1.15. The lowest BCUT2D eigenvalue weighted by Crippen LogP contribution is -2.29. The van der Waals surface area contributed by atoms with Gasteiger partial charge in [0.2, 0.25) is 0 Å². The molecule has 0 atom stereocenters. The summed E-state index contributed by atoms with van der Waals surface area (Å²) in [5.74, 6) is -3.05. The van der Waals surface area contributed by atoms with Crippen LogP contribution < -0.4 is 5.32 Å². The van der Waals surface area contributed by atoms with E-state index in [1.165, 1.54) is 28.8 Å². The van der Waals surface area contributed by atoms with Gasteiger partial charge in [-0.3, -0.25) is 9.59 Å². The first kappa shape index (κ1) is 18.1. The number of pyridine rings is 1. The van der Waals surface area contributed by atoms with Gasteiger partial charge in [0.15, 0.2) is 5.65 Å². The molecule has 1 aromatic carbocycles. The zero-order valence-electron chi connectivity index (χ0n) is 12.5. The molecule has 0 bridgehead atoms. The van der Waals surface area contributed by atoms with E-state index in [1.54, 1.807) is 6.07 Å². The van der Waals surface area contributed by atoms with Crippen molar-refractivity contribution in [1.82, 2.24) is 19.9 Å². The van der Waals surface area contributed by atoms with Crippen molar-refractivity contribution in [1.29, 1.82) is 0 Å². The molecule has 1 amide bonds. The summed E-state index contributed by atoms with van der Waals surface area (Å²) in [5, 5.41) is 24.9. The van der Waals surface area contributed by atoms with E-state index in [2.05, 4.69) is 15.4 Å². The zero-order chi connectivity index (χ0) is 17.3. The smallest absolute Gasteiger partial charge is 0.322 e. The molecule has 0 aliphatic rings. The summed E-state index contributed by atoms with van der Waals surface area (Å²) in [6.45, 7) is -0.617. The van der Waals surface area contributed by atoms with Crippen molar-refractivity contribution in [2.75, 3.05) is 6.54 Å². The third-order valence-corrected chi connectivity index (χ3v) is 3.31. The minimum atomic E-state index is -1.23. The number of carboxylic acids is 1. The van der Waals surface area contributed by atoms with Crippen molar-refractivity contribution in [3.63, 3.8) is 0 Å². The number of hydrogen-bond donors (Lipinski definition) is 3. The molecule has 130 valence electrons. The highest BCUT2D eigenvalue weighted by Gasteiger charge is 2.22. The van der Waals surface area contributed by atoms with Gasteiger partial charge in [-0.15, -0.1) is 12.4 Å². The second-order valence-electron chi connectivity index (χ2n) is 4.84. The first-order valence-electron chi connectivity index (χ1n) is 6.79. The fourth-order valence-corrected chi connectivity index (χ4v) is 2.29. The molecular weight excluding hydrogens is 355 g/mol. The van der Waals surface area contributed by atoms with E-state index in [-0.39, 0.29) is 34.9 Å². The highest BCUT2D eigenvalue weighted by Crippen LogP contribution is 2.30. The third-order valence-electron chi connectivity index (χ3n) is 3.31. The first-order chi connectivity index (χ1) is 11.5. The van der Waals surface area contributed by atoms with Crippen LogP contribution in [0.1, 0.15) is 10.4 Å². The molecule has 0 saturated heterocycles. The molecule has 3 rings (SSSR count). The fraction of sp³-hybridized carbons (Fsp3) is 0.0667. The molecule has 10 heteroatoms. The molecule has 0 fully saturated rings. The third kappa shape index (κ3) is 3.36. The van der Waals surface area contributed by atoms with Gasteiger partial charge in [-0.1, -0.05) is 12.1 Å². The summed E-state index contributed by atoms with van der Waals surface area (Å²) in [4.78, 5) is 26.6. The number of nitrogens with zero attached hydrogens (tertiary/aromatic N) is 3. The van der Waals surface area contributed by atoms with Gasteiger partial charge in [-0.25, -0.2) is 13.9 Å². The van der Waals surface area contributed by atoms with Gasteiger partial charge < -0.3 is 15.5 Å². The minimum Gasteiger partial charge on any atom is -0.507 e. The van der Waals surface area contributed by atoms with Crippen LogP contribution in [-0.4, -0.2) is 43.2 Å². The maximum Gasteiger partial charge on any atom is 0.322 e. The number of halogens is 2. The highest BCUT2D eigenvalue weighted by atomic mass is 35.5. The van der Waals surface area contributed by atoms with Gasteiger partial charge in [0.25, 0.3) is 5.91 Å². The van der Waals surface area contributed by atoms with Gasteiger partial charge in [-0.2, -0.15) is 5.10 Å². The average molecular weight is 367 g/mol. The predicted molar refractivity (Wildman–Crippen MR) is 87.3 cm³/mol. The van der Waals surface area contributed by atoms with Crippen LogP contribution in [0.25, 0.3) is 16.9 Å². The molecule has 25 heavy (non-hydrogen) atoms. The molecule has 0 aliphatic heterocycles. The molecule has 0 spiro atoms. The molecule has 8 nitrogen and oxygen atoms in total. The fourth-order valence-electron chi connectivity index (χ4n) is 2.29. The van der Waals surface area contributed by atoms with Crippen LogP contribution in [0.4, 0.5) is 4.39 Å². The van der Waals surface area contributed by atoms with Crippen LogP contribution in [0.15, 0.2) is 36.7 Å². The van der Waals surface area contributed by atoms with Crippen molar-refractivity contribution in [3.8, 4) is 17.0 Å². The number of aromatic nitrogens is 3. The quantitative estimate of drug-likeness (QED) is 0.644. The standard InChI is InChI=1S/C15H11FN4O4.ClH/c16-9-4-2-1-3-8(9)10-5-11(21)13(14-18-7-19-20(10)14)15(24)17-6-12(22)23;/h1-5,7,21H,6H2,(H,17,24)(H,22,23);1H. The van der Waals surface area contributed by atoms with Crippen LogP contribution in [0.3, 0.4) is 0 Å². The number of aliphatic carboxylic acids is 1. The molecule has 2 heterocycles. The van der Waals surface area contributed by atoms with Crippen LogP contribution in [0.2, 0.25) is 0 Å². The van der Waals surface area contributed by atoms with E-state index in [9.17, 15) is 19.1 Å². The average Bonchev–Trinajstić information content (AvgIpc) is 3.01. The molecule has 3 N–H and O–H groups in total. The molecule has 2 aromatic heterocycles. The largest absolute Gasteiger partial charge is 0.507 e. The Morgan fingerprint density at radius 3 is 2.68 bits per heavy atom. The Balaban J connectivity index is 0.00000225. The lowest BCUT2D eigenvalue weighted by Gasteiger charge is -2.11. The van der Waals surface area contributed by atoms with E-state index in [1.807, 2.05) is 0 Å². The van der Waals surface area contributed by atoms with Crippen LogP contribution in [-0.2, 0) is 4.79 Å². The summed E-state index contributed by atoms with van der Waals surface area (Å²) in [6, 6.07) is 7.06. The van der Waals surface area contributed by atoms with E-state index in [0.717, 1.165) is 6.33 Å². The second kappa shape index (κ2) is 7.14. The lowest BCUT2D eigenvalue weighted by molar-refractivity contribution is -0.135. The van der Waals surface area contributed by atoms with Crippen molar-refractivity contribution in [3.05, 3.63) is 48.0 Å². The topological polar surface area (TPSA) is 117 Å². The zero-order valence-corrected chi connectivity index (χ0v) is 13.3. The minimum absolute atomic E-state index is 0. The number of nitrogens with one attached hydrogen (secondary N) is 1. The Hall–Kier alpha value is -3.20. The van der Waals surface area contributed by atoms with Gasteiger partial charge in [0, 0.05) is 11.6 Å². The molecule has 0 saturated carbocycles. The maximum atomic E-state index is 14.0. The van der Waals surface area contributed by atoms with E-state index in [4.69, 9.17) is 5.11 Å². The summed E-state index contributed by atoms with van der Waals surface area (Å²) < 4.78 is 15.2. The molecule has 0 aliphatic carbocycles. The Morgan fingerprint density at radius 2 is 2.00 bits per heavy atom. The van der Waals surface area contributed by atoms with E-state index < -0.39 is 30.0 Å². The highest BCUT2D eigenvalue weighted by molar-refractivity contribution is 6.04. The van der Waals surface area contributed by atoms with Crippen molar-refractivity contribution in [2.24, 2.45) is 0 Å². The van der Waals surface area contributed by atoms with Gasteiger partial charge in [0.1, 0.15) is 30.0 Å². The lowest BCUT2D eigenvalue weighted by atomic mass is 10.1. The number of hydrogen-bond acceptors (Lipinski definition) is 5. The number of amides is 1. The Bertz CT molecular complexity index is 960. The number of rotatable bonds is 4. The van der Waals surface area contributed by atoms with Gasteiger partial charge in [0.05, 0.1) is 5.69 Å². The number of carbonyl (C=O) groups excluding carboxylic acids is 1. The SMILES string of the molecule is Cl.O=C(O)CNC(=O)c1c(O)cc(-c2ccccc2F)n2ncnc12. The van der Waals surface area contributed by atoms with Gasteiger partial charge >= 0.3 is 5.97 Å². The Labute approximate surface area is 146 Å². The number of benzene rings is 1. The second-order valence-corrected chi connectivity index (χ2v) is 4.84. The Morgan fingerprint density at radius 1 is 1.28 bits per heavy atom. The van der Waals surface area contributed by atoms with Gasteiger partial charge in [-0.05, 0) is 12.1 Å². The summed E-state index contributed by atoms with van der Waals surface area (Å²) in [7, 11) is 0. The summed E-state index contributed by atoms with van der Waals surface area (Å²) >= 11 is 0. The van der Waals surface area contributed by atoms with Crippen LogP contribution in [0, 0.1) is 5.82 Å². The number of aromatic hydroxyl groups is 1. The van der Waals surface area contributed by atoms with Crippen molar-refractivity contribution < 1.29 is 24.2 Å². The van der Waals surface area contributed by atoms with Crippen LogP contribution >= 0.6 is 12.4 Å². The van der Waals surface area contributed by atoms with Crippen molar-refractivity contribution >= 4 is 29.9 Å². The van der Waals surface area contributed by atoms with E-state index in [0.29, 0.717) is 0 Å². The van der Waals surface area contributed by atoms with Crippen molar-refractivity contribution in [2.45, 2.75) is 0 Å². The molecule has 0 radical (unpaired) electrons. The maximum absolute atomic E-state index is 14.0. The molecular formula is C15H12ClFN4O4. The summed E-state index contributed by atoms with van der Waals surface area (Å²) in [5.41, 5.74) is 0.110. The molecule has 0 unspecified atom stereocenters. The normalized spacial score (nSPS) is 10.3.